The van der Waals surface area contributed by atoms with E-state index in [0.717, 1.165) is 24.9 Å². The van der Waals surface area contributed by atoms with Gasteiger partial charge in [0.05, 0.1) is 6.04 Å². The molecule has 23 heavy (non-hydrogen) atoms. The van der Waals surface area contributed by atoms with E-state index in [1.165, 1.54) is 0 Å². The predicted octanol–water partition coefficient (Wildman–Crippen LogP) is 1.44. The highest BCUT2D eigenvalue weighted by Gasteiger charge is 2.49. The van der Waals surface area contributed by atoms with Crippen LogP contribution in [0.25, 0.3) is 0 Å². The lowest BCUT2D eigenvalue weighted by Crippen LogP contribution is -2.46. The molecular weight excluding hydrogens is 294 g/mol. The van der Waals surface area contributed by atoms with Gasteiger partial charge in [-0.1, -0.05) is 36.8 Å². The number of rotatable bonds is 5. The fourth-order valence-corrected chi connectivity index (χ4v) is 3.26. The molecule has 0 bridgehead atoms. The highest BCUT2D eigenvalue weighted by atomic mass is 16.6. The van der Waals surface area contributed by atoms with Crippen LogP contribution in [0.1, 0.15) is 31.2 Å². The Morgan fingerprint density at radius 2 is 1.96 bits per heavy atom. The number of ether oxygens (including phenoxy) is 1. The van der Waals surface area contributed by atoms with Gasteiger partial charge in [0, 0.05) is 0 Å². The Labute approximate surface area is 135 Å². The summed E-state index contributed by atoms with van der Waals surface area (Å²) in [5.74, 6) is -2.60. The number of cyclic esters (lactones) is 1. The Balaban J connectivity index is 1.61. The predicted molar refractivity (Wildman–Crippen MR) is 83.8 cm³/mol. The molecule has 0 saturated carbocycles. The largest absolute Gasteiger partial charge is 0.453 e. The Morgan fingerprint density at radius 3 is 2.65 bits per heavy atom. The number of Topliss-reactive ketones (excluding diaryl/α,β-unsaturated/α-hetero) is 2. The molecule has 122 valence electrons. The lowest BCUT2D eigenvalue weighted by atomic mass is 9.88. The number of piperidine rings is 1. The topological polar surface area (TPSA) is 72.5 Å². The summed E-state index contributed by atoms with van der Waals surface area (Å²) < 4.78 is 5.18. The fraction of sp³-hybridized carbons (Fsp3) is 0.500. The van der Waals surface area contributed by atoms with Gasteiger partial charge in [0.1, 0.15) is 0 Å². The first kappa shape index (κ1) is 15.9. The van der Waals surface area contributed by atoms with E-state index in [1.807, 2.05) is 30.3 Å². The van der Waals surface area contributed by atoms with Crippen LogP contribution >= 0.6 is 0 Å². The molecule has 0 spiro atoms. The fourth-order valence-electron chi connectivity index (χ4n) is 3.26. The summed E-state index contributed by atoms with van der Waals surface area (Å²) in [6.45, 7) is 0.754. The summed E-state index contributed by atoms with van der Waals surface area (Å²) in [4.78, 5) is 36.9. The second-order valence-corrected chi connectivity index (χ2v) is 6.19. The van der Waals surface area contributed by atoms with E-state index in [2.05, 4.69) is 5.32 Å². The monoisotopic (exact) mass is 315 g/mol. The molecule has 0 aliphatic carbocycles. The number of carbonyl (C=O) groups is 3. The van der Waals surface area contributed by atoms with Crippen LogP contribution in [0.3, 0.4) is 0 Å². The van der Waals surface area contributed by atoms with E-state index in [0.29, 0.717) is 19.3 Å². The molecule has 2 heterocycles. The van der Waals surface area contributed by atoms with E-state index in [-0.39, 0.29) is 11.6 Å². The summed E-state index contributed by atoms with van der Waals surface area (Å²) in [5.41, 5.74) is 1.08. The van der Waals surface area contributed by atoms with E-state index < -0.39 is 24.0 Å². The molecule has 0 radical (unpaired) electrons. The van der Waals surface area contributed by atoms with Crippen LogP contribution in [-0.2, 0) is 25.5 Å². The summed E-state index contributed by atoms with van der Waals surface area (Å²) >= 11 is 0. The SMILES string of the molecule is O=C1O[C@H](CCc2ccccc2)C(=O)C1C(=O)[C@@H]1CCCCN1. The summed E-state index contributed by atoms with van der Waals surface area (Å²) in [6.07, 6.45) is 2.93. The molecule has 3 rings (SSSR count). The third-order valence-corrected chi connectivity index (χ3v) is 4.57. The van der Waals surface area contributed by atoms with E-state index in [1.54, 1.807) is 0 Å². The zero-order valence-corrected chi connectivity index (χ0v) is 13.0. The first-order valence-corrected chi connectivity index (χ1v) is 8.22. The van der Waals surface area contributed by atoms with E-state index in [9.17, 15) is 14.4 Å². The number of carbonyl (C=O) groups excluding carboxylic acids is 3. The van der Waals surface area contributed by atoms with E-state index in [4.69, 9.17) is 4.74 Å². The van der Waals surface area contributed by atoms with E-state index >= 15 is 0 Å². The minimum Gasteiger partial charge on any atom is -0.453 e. The summed E-state index contributed by atoms with van der Waals surface area (Å²) in [5, 5.41) is 3.10. The molecule has 0 amide bonds. The lowest BCUT2D eigenvalue weighted by Gasteiger charge is -2.23. The van der Waals surface area contributed by atoms with Crippen molar-refractivity contribution in [2.24, 2.45) is 5.92 Å². The van der Waals surface area contributed by atoms with Crippen LogP contribution in [-0.4, -0.2) is 36.2 Å². The van der Waals surface area contributed by atoms with Crippen LogP contribution in [0.15, 0.2) is 30.3 Å². The zero-order valence-electron chi connectivity index (χ0n) is 13.0. The van der Waals surface area contributed by atoms with Gasteiger partial charge in [0.15, 0.2) is 23.6 Å². The Kier molecular flexibility index (Phi) is 4.86. The van der Waals surface area contributed by atoms with Crippen molar-refractivity contribution in [3.63, 3.8) is 0 Å². The van der Waals surface area contributed by atoms with Crippen molar-refractivity contribution in [3.8, 4) is 0 Å². The highest BCUT2D eigenvalue weighted by Crippen LogP contribution is 2.25. The Bertz CT molecular complexity index is 592. The second kappa shape index (κ2) is 7.04. The normalized spacial score (nSPS) is 27.7. The molecule has 2 aliphatic heterocycles. The van der Waals surface area contributed by atoms with Crippen molar-refractivity contribution in [2.75, 3.05) is 6.54 Å². The zero-order chi connectivity index (χ0) is 16.2. The molecule has 0 aromatic heterocycles. The van der Waals surface area contributed by atoms with Crippen molar-refractivity contribution < 1.29 is 19.1 Å². The molecule has 2 fully saturated rings. The van der Waals surface area contributed by atoms with Crippen molar-refractivity contribution in [2.45, 2.75) is 44.2 Å². The average molecular weight is 315 g/mol. The van der Waals surface area contributed by atoms with Crippen LogP contribution in [0.4, 0.5) is 0 Å². The van der Waals surface area contributed by atoms with Crippen LogP contribution < -0.4 is 5.32 Å². The maximum Gasteiger partial charge on any atom is 0.325 e. The van der Waals surface area contributed by atoms with Gasteiger partial charge in [-0.2, -0.15) is 0 Å². The third-order valence-electron chi connectivity index (χ3n) is 4.57. The number of aryl methyl sites for hydroxylation is 1. The van der Waals surface area contributed by atoms with Gasteiger partial charge in [-0.3, -0.25) is 14.4 Å². The van der Waals surface area contributed by atoms with Gasteiger partial charge in [-0.05, 0) is 37.8 Å². The van der Waals surface area contributed by atoms with Crippen molar-refractivity contribution in [3.05, 3.63) is 35.9 Å². The van der Waals surface area contributed by atoms with Crippen molar-refractivity contribution in [1.29, 1.82) is 0 Å². The number of ketones is 2. The summed E-state index contributed by atoms with van der Waals surface area (Å²) in [6, 6.07) is 9.33. The van der Waals surface area contributed by atoms with Crippen LogP contribution in [0.2, 0.25) is 0 Å². The van der Waals surface area contributed by atoms with Gasteiger partial charge in [0.2, 0.25) is 0 Å². The lowest BCUT2D eigenvalue weighted by molar-refractivity contribution is -0.147. The summed E-state index contributed by atoms with van der Waals surface area (Å²) in [7, 11) is 0. The molecule has 2 saturated heterocycles. The Morgan fingerprint density at radius 1 is 1.17 bits per heavy atom. The van der Waals surface area contributed by atoms with Crippen LogP contribution in [0.5, 0.6) is 0 Å². The molecular formula is C18H21NO4. The molecule has 1 aromatic carbocycles. The minimum atomic E-state index is -1.23. The van der Waals surface area contributed by atoms with Gasteiger partial charge < -0.3 is 10.1 Å². The second-order valence-electron chi connectivity index (χ2n) is 6.19. The van der Waals surface area contributed by atoms with Crippen molar-refractivity contribution in [1.82, 2.24) is 5.32 Å². The standard InChI is InChI=1S/C18H21NO4/c20-16(13-8-4-5-11-19-13)15-17(21)14(23-18(15)22)10-9-12-6-2-1-3-7-12/h1-3,6-7,13-15,19H,4-5,8-11H2/t13-,14+,15?/m0/s1. The number of hydrogen-bond acceptors (Lipinski definition) is 5. The number of benzene rings is 1. The molecule has 5 nitrogen and oxygen atoms in total. The van der Waals surface area contributed by atoms with Crippen molar-refractivity contribution >= 4 is 17.5 Å². The third kappa shape index (κ3) is 3.50. The molecule has 1 unspecified atom stereocenters. The smallest absolute Gasteiger partial charge is 0.325 e. The van der Waals surface area contributed by atoms with Gasteiger partial charge in [-0.15, -0.1) is 0 Å². The van der Waals surface area contributed by atoms with Gasteiger partial charge >= 0.3 is 5.97 Å². The van der Waals surface area contributed by atoms with Gasteiger partial charge in [0.25, 0.3) is 0 Å². The first-order chi connectivity index (χ1) is 11.2. The number of esters is 1. The highest BCUT2D eigenvalue weighted by molar-refractivity contribution is 6.22. The molecule has 3 atom stereocenters. The average Bonchev–Trinajstić information content (AvgIpc) is 2.88. The van der Waals surface area contributed by atoms with Crippen LogP contribution in [0, 0.1) is 5.92 Å². The Hall–Kier alpha value is -2.01. The molecule has 2 aliphatic rings. The van der Waals surface area contributed by atoms with Gasteiger partial charge in [-0.25, -0.2) is 0 Å². The minimum absolute atomic E-state index is 0.318. The number of nitrogens with one attached hydrogen (secondary N) is 1. The number of hydrogen-bond donors (Lipinski definition) is 1. The maximum atomic E-state index is 12.5. The maximum absolute atomic E-state index is 12.5. The quantitative estimate of drug-likeness (QED) is 0.657. The molecule has 1 aromatic rings. The molecule has 1 N–H and O–H groups in total. The first-order valence-electron chi connectivity index (χ1n) is 8.22. The molecule has 5 heteroatoms.